The maximum absolute atomic E-state index is 16.4. The van der Waals surface area contributed by atoms with Crippen molar-refractivity contribution < 1.29 is 14.2 Å². The Kier molecular flexibility index (Phi) is 6.20. The first-order chi connectivity index (χ1) is 19.0. The smallest absolute Gasteiger partial charge is 0.319 e. The number of ether oxygens (including phenoxy) is 1. The number of nitrogens with one attached hydrogen (secondary N) is 1. The highest BCUT2D eigenvalue weighted by Gasteiger charge is 2.34. The van der Waals surface area contributed by atoms with E-state index in [1.54, 1.807) is 18.3 Å². The molecule has 3 atom stereocenters. The fraction of sp³-hybridized carbons (Fsp3) is 0.433. The molecule has 0 aliphatic carbocycles. The molecule has 7 rings (SSSR count). The Labute approximate surface area is 226 Å². The minimum atomic E-state index is -0.537. The van der Waals surface area contributed by atoms with Crippen LogP contribution >= 0.6 is 0 Å². The molecule has 0 saturated carbocycles. The summed E-state index contributed by atoms with van der Waals surface area (Å²) in [5.74, 6) is 0.195. The van der Waals surface area contributed by atoms with E-state index in [1.165, 1.54) is 6.42 Å². The number of fused-ring (bicyclic) bond motifs is 4. The van der Waals surface area contributed by atoms with Gasteiger partial charge in [-0.05, 0) is 68.6 Å². The second-order valence-electron chi connectivity index (χ2n) is 11.2. The SMILES string of the molecule is CN1CCC[C@H]1CCOc1nc(N2C[C@H]3CC[C@@H](C2)N3)c2cnc(-c3cc(O)cc4ccccc34)c(F)c2n1. The van der Waals surface area contributed by atoms with Crippen molar-refractivity contribution in [2.45, 2.75) is 50.2 Å². The number of halogens is 1. The van der Waals surface area contributed by atoms with Crippen LogP contribution in [0.4, 0.5) is 10.2 Å². The normalized spacial score (nSPS) is 23.2. The number of hydrogen-bond acceptors (Lipinski definition) is 8. The molecular formula is C30H33FN6O2. The molecule has 3 saturated heterocycles. The molecule has 5 heterocycles. The van der Waals surface area contributed by atoms with E-state index in [4.69, 9.17) is 9.72 Å². The molecule has 0 spiro atoms. The Morgan fingerprint density at radius 1 is 1.08 bits per heavy atom. The average molecular weight is 529 g/mol. The predicted octanol–water partition coefficient (Wildman–Crippen LogP) is 4.49. The molecule has 39 heavy (non-hydrogen) atoms. The summed E-state index contributed by atoms with van der Waals surface area (Å²) < 4.78 is 22.5. The summed E-state index contributed by atoms with van der Waals surface area (Å²) in [6, 6.07) is 12.3. The standard InChI is InChI=1S/C30H33FN6O2/c1-36-11-4-6-21(36)10-12-39-30-34-28-25(29(35-30)37-16-19-8-9-20(17-37)33-19)15-32-27(26(28)31)24-14-22(38)13-18-5-2-3-7-23(18)24/h2-3,5,7,13-15,19-21,33,38H,4,6,8-12,16-17H2,1H3/t19-,20+,21-/m0/s1. The highest BCUT2D eigenvalue weighted by atomic mass is 19.1. The van der Waals surface area contributed by atoms with E-state index in [0.29, 0.717) is 41.5 Å². The largest absolute Gasteiger partial charge is 0.508 e. The van der Waals surface area contributed by atoms with Gasteiger partial charge in [-0.1, -0.05) is 24.3 Å². The molecule has 2 aromatic carbocycles. The first-order valence-corrected chi connectivity index (χ1v) is 14.0. The van der Waals surface area contributed by atoms with Crippen LogP contribution in [0.2, 0.25) is 0 Å². The lowest BCUT2D eigenvalue weighted by atomic mass is 10.0. The van der Waals surface area contributed by atoms with Gasteiger partial charge in [-0.15, -0.1) is 0 Å². The summed E-state index contributed by atoms with van der Waals surface area (Å²) in [5.41, 5.74) is 0.867. The van der Waals surface area contributed by atoms with E-state index in [9.17, 15) is 5.11 Å². The Hall–Kier alpha value is -3.56. The van der Waals surface area contributed by atoms with Crippen LogP contribution in [0, 0.1) is 5.82 Å². The molecule has 0 unspecified atom stereocenters. The molecule has 0 radical (unpaired) electrons. The molecule has 202 valence electrons. The van der Waals surface area contributed by atoms with Crippen molar-refractivity contribution in [1.82, 2.24) is 25.2 Å². The van der Waals surface area contributed by atoms with Crippen LogP contribution < -0.4 is 15.0 Å². The number of anilines is 1. The summed E-state index contributed by atoms with van der Waals surface area (Å²) in [7, 11) is 2.15. The molecule has 2 bridgehead atoms. The first kappa shape index (κ1) is 24.5. The third-order valence-electron chi connectivity index (χ3n) is 8.62. The Balaban J connectivity index is 1.31. The van der Waals surface area contributed by atoms with Gasteiger partial charge in [0, 0.05) is 43.0 Å². The summed E-state index contributed by atoms with van der Waals surface area (Å²) >= 11 is 0. The van der Waals surface area contributed by atoms with Gasteiger partial charge in [-0.2, -0.15) is 9.97 Å². The van der Waals surface area contributed by atoms with Crippen molar-refractivity contribution in [3.8, 4) is 23.0 Å². The number of pyridine rings is 1. The van der Waals surface area contributed by atoms with Crippen LogP contribution in [0.15, 0.2) is 42.6 Å². The maximum Gasteiger partial charge on any atom is 0.319 e. The number of benzene rings is 2. The molecule has 2 N–H and O–H groups in total. The number of rotatable bonds is 6. The lowest BCUT2D eigenvalue weighted by Gasteiger charge is -2.34. The molecule has 2 aromatic heterocycles. The van der Waals surface area contributed by atoms with E-state index in [0.717, 1.165) is 56.1 Å². The Bertz CT molecular complexity index is 1540. The third kappa shape index (κ3) is 4.53. The van der Waals surface area contributed by atoms with Crippen LogP contribution in [0.1, 0.15) is 32.1 Å². The topological polar surface area (TPSA) is 86.6 Å². The van der Waals surface area contributed by atoms with Crippen LogP contribution in [-0.4, -0.2) is 76.4 Å². The molecule has 3 fully saturated rings. The van der Waals surface area contributed by atoms with Crippen LogP contribution in [0.3, 0.4) is 0 Å². The predicted molar refractivity (Wildman–Crippen MR) is 150 cm³/mol. The summed E-state index contributed by atoms with van der Waals surface area (Å²) in [5, 5.41) is 16.2. The Morgan fingerprint density at radius 3 is 2.69 bits per heavy atom. The van der Waals surface area contributed by atoms with Crippen LogP contribution in [-0.2, 0) is 0 Å². The monoisotopic (exact) mass is 528 g/mol. The van der Waals surface area contributed by atoms with Crippen molar-refractivity contribution in [1.29, 1.82) is 0 Å². The van der Waals surface area contributed by atoms with E-state index in [2.05, 4.69) is 32.1 Å². The van der Waals surface area contributed by atoms with Gasteiger partial charge >= 0.3 is 6.01 Å². The van der Waals surface area contributed by atoms with Crippen LogP contribution in [0.25, 0.3) is 32.9 Å². The Morgan fingerprint density at radius 2 is 1.90 bits per heavy atom. The summed E-state index contributed by atoms with van der Waals surface area (Å²) in [4.78, 5) is 18.6. The lowest BCUT2D eigenvalue weighted by molar-refractivity contribution is 0.223. The molecule has 3 aliphatic heterocycles. The highest BCUT2D eigenvalue weighted by Crippen LogP contribution is 2.37. The number of aromatic nitrogens is 3. The van der Waals surface area contributed by atoms with Gasteiger partial charge in [0.15, 0.2) is 5.82 Å². The summed E-state index contributed by atoms with van der Waals surface area (Å²) in [6.45, 7) is 3.19. The minimum absolute atomic E-state index is 0.0607. The number of phenolic OH excluding ortho intramolecular Hbond substituents is 1. The van der Waals surface area contributed by atoms with Gasteiger partial charge in [-0.3, -0.25) is 4.98 Å². The molecular weight excluding hydrogens is 495 g/mol. The number of hydrogen-bond donors (Lipinski definition) is 2. The fourth-order valence-electron chi connectivity index (χ4n) is 6.61. The highest BCUT2D eigenvalue weighted by molar-refractivity contribution is 5.99. The molecule has 4 aromatic rings. The number of piperazine rings is 1. The fourth-order valence-corrected chi connectivity index (χ4v) is 6.61. The number of likely N-dealkylation sites (tertiary alicyclic amines) is 1. The van der Waals surface area contributed by atoms with E-state index in [1.807, 2.05) is 24.3 Å². The second kappa shape index (κ2) is 9.88. The molecule has 9 heteroatoms. The van der Waals surface area contributed by atoms with Crippen molar-refractivity contribution in [3.63, 3.8) is 0 Å². The third-order valence-corrected chi connectivity index (χ3v) is 8.62. The zero-order valence-electron chi connectivity index (χ0n) is 22.1. The van der Waals surface area contributed by atoms with Gasteiger partial charge in [0.1, 0.15) is 22.8 Å². The van der Waals surface area contributed by atoms with Gasteiger partial charge in [0.25, 0.3) is 0 Å². The zero-order valence-corrected chi connectivity index (χ0v) is 22.1. The van der Waals surface area contributed by atoms with Gasteiger partial charge in [0.05, 0.1) is 12.0 Å². The van der Waals surface area contributed by atoms with Crippen molar-refractivity contribution in [2.24, 2.45) is 0 Å². The van der Waals surface area contributed by atoms with Crippen molar-refractivity contribution in [3.05, 3.63) is 48.4 Å². The first-order valence-electron chi connectivity index (χ1n) is 14.0. The number of aromatic hydroxyl groups is 1. The maximum atomic E-state index is 16.4. The zero-order chi connectivity index (χ0) is 26.5. The van der Waals surface area contributed by atoms with E-state index in [-0.39, 0.29) is 23.0 Å². The van der Waals surface area contributed by atoms with Crippen molar-refractivity contribution in [2.75, 3.05) is 38.2 Å². The molecule has 0 amide bonds. The van der Waals surface area contributed by atoms with Crippen molar-refractivity contribution >= 4 is 27.5 Å². The number of nitrogens with zero attached hydrogens (tertiary/aromatic N) is 5. The second-order valence-corrected chi connectivity index (χ2v) is 11.2. The van der Waals surface area contributed by atoms with E-state index >= 15 is 4.39 Å². The average Bonchev–Trinajstić information content (AvgIpc) is 3.51. The number of phenols is 1. The van der Waals surface area contributed by atoms with E-state index < -0.39 is 5.82 Å². The van der Waals surface area contributed by atoms with Gasteiger partial charge in [-0.25, -0.2) is 4.39 Å². The molecule has 8 nitrogen and oxygen atoms in total. The van der Waals surface area contributed by atoms with Crippen LogP contribution in [0.5, 0.6) is 11.8 Å². The summed E-state index contributed by atoms with van der Waals surface area (Å²) in [6.07, 6.45) is 7.17. The van der Waals surface area contributed by atoms with Gasteiger partial charge < -0.3 is 25.0 Å². The lowest BCUT2D eigenvalue weighted by Crippen LogP contribution is -2.51. The minimum Gasteiger partial charge on any atom is -0.508 e. The van der Waals surface area contributed by atoms with Gasteiger partial charge in [0.2, 0.25) is 0 Å². The quantitative estimate of drug-likeness (QED) is 0.379. The molecule has 3 aliphatic rings.